The first kappa shape index (κ1) is 19.0. The zero-order valence-electron chi connectivity index (χ0n) is 15.8. The van der Waals surface area contributed by atoms with Crippen LogP contribution < -0.4 is 10.6 Å². The fraction of sp³-hybridized carbons (Fsp3) is 0.500. The number of methoxy groups -OCH3 is 1. The second-order valence-electron chi connectivity index (χ2n) is 6.51. The van der Waals surface area contributed by atoms with Crippen molar-refractivity contribution in [1.82, 2.24) is 30.2 Å². The van der Waals surface area contributed by atoms with E-state index in [0.29, 0.717) is 31.1 Å². The first-order valence-corrected chi connectivity index (χ1v) is 8.92. The Labute approximate surface area is 157 Å². The average Bonchev–Trinajstić information content (AvgIpc) is 3.24. The molecule has 0 aromatic carbocycles. The summed E-state index contributed by atoms with van der Waals surface area (Å²) in [5.41, 5.74) is 2.43. The van der Waals surface area contributed by atoms with Crippen molar-refractivity contribution in [2.75, 3.05) is 26.8 Å². The number of fused-ring (bicyclic) bond motifs is 1. The van der Waals surface area contributed by atoms with Crippen LogP contribution in [0.3, 0.4) is 0 Å². The Hall–Kier alpha value is -2.81. The Morgan fingerprint density at radius 2 is 2.04 bits per heavy atom. The van der Waals surface area contributed by atoms with Crippen molar-refractivity contribution in [3.63, 3.8) is 0 Å². The highest BCUT2D eigenvalue weighted by molar-refractivity contribution is 5.94. The maximum atomic E-state index is 12.5. The molecule has 0 fully saturated rings. The summed E-state index contributed by atoms with van der Waals surface area (Å²) in [7, 11) is 1.59. The minimum Gasteiger partial charge on any atom is -0.383 e. The van der Waals surface area contributed by atoms with Gasteiger partial charge >= 0.3 is 0 Å². The van der Waals surface area contributed by atoms with E-state index >= 15 is 0 Å². The van der Waals surface area contributed by atoms with Gasteiger partial charge in [-0.1, -0.05) is 0 Å². The summed E-state index contributed by atoms with van der Waals surface area (Å²) in [5, 5.41) is 5.74. The number of aromatic nitrogens is 4. The van der Waals surface area contributed by atoms with Gasteiger partial charge < -0.3 is 19.9 Å². The van der Waals surface area contributed by atoms with Crippen molar-refractivity contribution in [1.29, 1.82) is 0 Å². The molecule has 2 amide bonds. The number of amides is 2. The topological polar surface area (TPSA) is 111 Å². The molecule has 0 bridgehead atoms. The van der Waals surface area contributed by atoms with Gasteiger partial charge in [0.2, 0.25) is 0 Å². The van der Waals surface area contributed by atoms with Crippen molar-refractivity contribution >= 4 is 11.8 Å². The Bertz CT molecular complexity index is 848. The van der Waals surface area contributed by atoms with Gasteiger partial charge in [0.05, 0.1) is 18.8 Å². The molecule has 144 valence electrons. The third-order valence-electron chi connectivity index (χ3n) is 4.81. The predicted molar refractivity (Wildman–Crippen MR) is 97.6 cm³/mol. The number of ether oxygens (including phenoxy) is 1. The smallest absolute Gasteiger partial charge is 0.270 e. The van der Waals surface area contributed by atoms with E-state index in [1.807, 2.05) is 18.4 Å². The van der Waals surface area contributed by atoms with Crippen LogP contribution in [0.1, 0.15) is 50.5 Å². The lowest BCUT2D eigenvalue weighted by Crippen LogP contribution is -2.33. The standard InChI is InChI=1S/C18H24N6O3/c1-11-12(2)22-10-23-16(11)18(26)21-8-13-4-5-15-20-9-14(24(13)15)17(25)19-6-7-27-3/h9-10,13H,4-8H2,1-3H3,(H,19,25)(H,21,26). The van der Waals surface area contributed by atoms with Gasteiger partial charge in [-0.2, -0.15) is 0 Å². The number of nitrogens with one attached hydrogen (secondary N) is 2. The molecule has 9 heteroatoms. The maximum Gasteiger partial charge on any atom is 0.270 e. The Morgan fingerprint density at radius 3 is 2.81 bits per heavy atom. The van der Waals surface area contributed by atoms with E-state index in [0.717, 1.165) is 29.9 Å². The molecule has 3 heterocycles. The summed E-state index contributed by atoms with van der Waals surface area (Å²) >= 11 is 0. The predicted octanol–water partition coefficient (Wildman–Crippen LogP) is 0.583. The monoisotopic (exact) mass is 372 g/mol. The molecule has 2 aromatic rings. The molecule has 0 saturated carbocycles. The normalized spacial score (nSPS) is 15.4. The summed E-state index contributed by atoms with van der Waals surface area (Å²) in [4.78, 5) is 37.4. The van der Waals surface area contributed by atoms with Crippen molar-refractivity contribution in [2.24, 2.45) is 0 Å². The second kappa shape index (κ2) is 8.26. The van der Waals surface area contributed by atoms with E-state index in [1.165, 1.54) is 6.33 Å². The van der Waals surface area contributed by atoms with Crippen LogP contribution in [0.2, 0.25) is 0 Å². The van der Waals surface area contributed by atoms with Gasteiger partial charge in [0, 0.05) is 37.9 Å². The molecule has 1 atom stereocenters. The van der Waals surface area contributed by atoms with Crippen LogP contribution in [-0.4, -0.2) is 58.1 Å². The number of rotatable bonds is 7. The van der Waals surface area contributed by atoms with Crippen LogP contribution in [0.4, 0.5) is 0 Å². The minimum absolute atomic E-state index is 0.0159. The Kier molecular flexibility index (Phi) is 5.80. The quantitative estimate of drug-likeness (QED) is 0.688. The van der Waals surface area contributed by atoms with Crippen LogP contribution in [0.15, 0.2) is 12.5 Å². The first-order chi connectivity index (χ1) is 13.0. The van der Waals surface area contributed by atoms with Crippen LogP contribution in [0.25, 0.3) is 0 Å². The van der Waals surface area contributed by atoms with Crippen LogP contribution >= 0.6 is 0 Å². The SMILES string of the molecule is COCCNC(=O)c1cnc2n1C(CNC(=O)c1ncnc(C)c1C)CC2. The van der Waals surface area contributed by atoms with Gasteiger partial charge in [-0.3, -0.25) is 9.59 Å². The molecule has 9 nitrogen and oxygen atoms in total. The fourth-order valence-electron chi connectivity index (χ4n) is 3.20. The summed E-state index contributed by atoms with van der Waals surface area (Å²) < 4.78 is 6.87. The van der Waals surface area contributed by atoms with E-state index < -0.39 is 0 Å². The van der Waals surface area contributed by atoms with Gasteiger partial charge in [0.1, 0.15) is 23.5 Å². The molecule has 3 rings (SSSR count). The first-order valence-electron chi connectivity index (χ1n) is 8.92. The van der Waals surface area contributed by atoms with Gasteiger partial charge in [-0.05, 0) is 20.3 Å². The van der Waals surface area contributed by atoms with Crippen LogP contribution in [0.5, 0.6) is 0 Å². The molecule has 0 spiro atoms. The van der Waals surface area contributed by atoms with Gasteiger partial charge in [0.15, 0.2) is 0 Å². The zero-order chi connectivity index (χ0) is 19.4. The molecular weight excluding hydrogens is 348 g/mol. The Morgan fingerprint density at radius 1 is 1.22 bits per heavy atom. The lowest BCUT2D eigenvalue weighted by molar-refractivity contribution is 0.0926. The maximum absolute atomic E-state index is 12.5. The van der Waals surface area contributed by atoms with Crippen molar-refractivity contribution < 1.29 is 14.3 Å². The summed E-state index contributed by atoms with van der Waals surface area (Å²) in [6.45, 7) is 4.96. The zero-order valence-corrected chi connectivity index (χ0v) is 15.8. The highest BCUT2D eigenvalue weighted by Gasteiger charge is 2.29. The number of carbonyl (C=O) groups is 2. The third-order valence-corrected chi connectivity index (χ3v) is 4.81. The number of aryl methyl sites for hydroxylation is 2. The van der Waals surface area contributed by atoms with Crippen molar-refractivity contribution in [2.45, 2.75) is 32.7 Å². The van der Waals surface area contributed by atoms with Gasteiger partial charge in [-0.15, -0.1) is 0 Å². The third kappa shape index (κ3) is 3.97. The molecular formula is C18H24N6O3. The number of carbonyl (C=O) groups excluding carboxylic acids is 2. The highest BCUT2D eigenvalue weighted by Crippen LogP contribution is 2.26. The molecule has 2 aromatic heterocycles. The number of nitrogens with zero attached hydrogens (tertiary/aromatic N) is 4. The molecule has 2 N–H and O–H groups in total. The Balaban J connectivity index is 1.67. The van der Waals surface area contributed by atoms with Crippen molar-refractivity contribution in [3.8, 4) is 0 Å². The average molecular weight is 372 g/mol. The summed E-state index contributed by atoms with van der Waals surface area (Å²) in [6.07, 6.45) is 4.58. The van der Waals surface area contributed by atoms with Gasteiger partial charge in [0.25, 0.3) is 11.8 Å². The molecule has 1 unspecified atom stereocenters. The number of hydrogen-bond donors (Lipinski definition) is 2. The second-order valence-corrected chi connectivity index (χ2v) is 6.51. The number of hydrogen-bond acceptors (Lipinski definition) is 6. The molecule has 1 aliphatic rings. The van der Waals surface area contributed by atoms with Crippen molar-refractivity contribution in [3.05, 3.63) is 41.0 Å². The molecule has 1 aliphatic heterocycles. The lowest BCUT2D eigenvalue weighted by Gasteiger charge is -2.17. The fourth-order valence-corrected chi connectivity index (χ4v) is 3.20. The highest BCUT2D eigenvalue weighted by atomic mass is 16.5. The van der Waals surface area contributed by atoms with Gasteiger partial charge in [-0.25, -0.2) is 15.0 Å². The molecule has 0 saturated heterocycles. The van der Waals surface area contributed by atoms with Crippen LogP contribution in [0, 0.1) is 13.8 Å². The van der Waals surface area contributed by atoms with E-state index in [1.54, 1.807) is 13.3 Å². The molecule has 27 heavy (non-hydrogen) atoms. The lowest BCUT2D eigenvalue weighted by atomic mass is 10.1. The number of imidazole rings is 1. The van der Waals surface area contributed by atoms with E-state index in [9.17, 15) is 9.59 Å². The van der Waals surface area contributed by atoms with E-state index in [-0.39, 0.29) is 17.9 Å². The minimum atomic E-state index is -0.238. The summed E-state index contributed by atoms with van der Waals surface area (Å²) in [6, 6.07) is -0.0159. The largest absolute Gasteiger partial charge is 0.383 e. The molecule has 0 radical (unpaired) electrons. The van der Waals surface area contributed by atoms with Crippen LogP contribution in [-0.2, 0) is 11.2 Å². The van der Waals surface area contributed by atoms with E-state index in [4.69, 9.17) is 4.74 Å². The van der Waals surface area contributed by atoms with E-state index in [2.05, 4.69) is 25.6 Å². The molecule has 0 aliphatic carbocycles. The summed E-state index contributed by atoms with van der Waals surface area (Å²) in [5.74, 6) is 0.434.